The van der Waals surface area contributed by atoms with Gasteiger partial charge in [0.2, 0.25) is 0 Å². The van der Waals surface area contributed by atoms with E-state index in [9.17, 15) is 9.18 Å². The molecule has 0 amide bonds. The number of aromatic nitrogens is 3. The summed E-state index contributed by atoms with van der Waals surface area (Å²) in [5, 5.41) is 0.872. The van der Waals surface area contributed by atoms with Crippen molar-refractivity contribution >= 4 is 22.6 Å². The fraction of sp³-hybridized carbons (Fsp3) is 0.208. The summed E-state index contributed by atoms with van der Waals surface area (Å²) in [7, 11) is 0. The molecule has 3 aromatic heterocycles. The number of hydrogen-bond donors (Lipinski definition) is 3. The summed E-state index contributed by atoms with van der Waals surface area (Å²) in [5.41, 5.74) is 15.0. The Balaban J connectivity index is 0.000000312. The highest BCUT2D eigenvalue weighted by Gasteiger charge is 2.20. The molecule has 4 aromatic rings. The Morgan fingerprint density at radius 2 is 1.69 bits per heavy atom. The van der Waals surface area contributed by atoms with E-state index in [0.29, 0.717) is 24.4 Å². The standard InChI is InChI=1S/C18H14FN5.C6H13NO/c19-13-3-1-12(2-4-13)17-16(11-7-9-22-10-8-11)14-5-6-15(20)23-18(14)24(17)21;1-6(8)4-2-3-5-7/h1-10H,21H2,(H2,20,23);2-5,7H2,1H3. The molecule has 0 radical (unpaired) electrons. The number of halogens is 1. The monoisotopic (exact) mass is 434 g/mol. The van der Waals surface area contributed by atoms with Gasteiger partial charge in [0.1, 0.15) is 17.4 Å². The van der Waals surface area contributed by atoms with E-state index in [1.165, 1.54) is 16.8 Å². The quantitative estimate of drug-likeness (QED) is 0.312. The van der Waals surface area contributed by atoms with Gasteiger partial charge in [0.15, 0.2) is 5.65 Å². The number of fused-ring (bicyclic) bond motifs is 1. The fourth-order valence-electron chi connectivity index (χ4n) is 3.42. The highest BCUT2D eigenvalue weighted by molar-refractivity contribution is 6.03. The number of pyridine rings is 2. The summed E-state index contributed by atoms with van der Waals surface area (Å²) < 4.78 is 14.8. The molecule has 166 valence electrons. The average Bonchev–Trinajstić information content (AvgIpc) is 3.07. The van der Waals surface area contributed by atoms with Crippen LogP contribution in [0.1, 0.15) is 26.2 Å². The largest absolute Gasteiger partial charge is 0.384 e. The molecule has 4 rings (SSSR count). The highest BCUT2D eigenvalue weighted by Crippen LogP contribution is 2.39. The van der Waals surface area contributed by atoms with Crippen LogP contribution >= 0.6 is 0 Å². The third kappa shape index (κ3) is 5.28. The topological polar surface area (TPSA) is 126 Å². The molecule has 0 saturated carbocycles. The third-order valence-corrected chi connectivity index (χ3v) is 4.94. The van der Waals surface area contributed by atoms with Crippen molar-refractivity contribution in [1.82, 2.24) is 14.6 Å². The number of rotatable bonds is 6. The zero-order valence-corrected chi connectivity index (χ0v) is 18.0. The van der Waals surface area contributed by atoms with Gasteiger partial charge in [-0.25, -0.2) is 14.1 Å². The van der Waals surface area contributed by atoms with Crippen LogP contribution in [0.2, 0.25) is 0 Å². The van der Waals surface area contributed by atoms with Crippen molar-refractivity contribution in [3.8, 4) is 22.4 Å². The maximum absolute atomic E-state index is 13.3. The number of unbranched alkanes of at least 4 members (excludes halogenated alkanes) is 1. The van der Waals surface area contributed by atoms with Crippen LogP contribution in [0.4, 0.5) is 10.2 Å². The molecule has 8 heteroatoms. The second-order valence-electron chi connectivity index (χ2n) is 7.39. The predicted molar refractivity (Wildman–Crippen MR) is 127 cm³/mol. The van der Waals surface area contributed by atoms with Crippen molar-refractivity contribution in [3.05, 3.63) is 66.7 Å². The zero-order valence-electron chi connectivity index (χ0n) is 18.0. The number of anilines is 1. The molecule has 6 N–H and O–H groups in total. The lowest BCUT2D eigenvalue weighted by atomic mass is 10.00. The van der Waals surface area contributed by atoms with E-state index in [2.05, 4.69) is 9.97 Å². The fourth-order valence-corrected chi connectivity index (χ4v) is 3.42. The van der Waals surface area contributed by atoms with Crippen molar-refractivity contribution in [3.63, 3.8) is 0 Å². The van der Waals surface area contributed by atoms with Gasteiger partial charge in [-0.2, -0.15) is 0 Å². The van der Waals surface area contributed by atoms with Crippen molar-refractivity contribution in [1.29, 1.82) is 0 Å². The van der Waals surface area contributed by atoms with Crippen LogP contribution in [0.5, 0.6) is 0 Å². The van der Waals surface area contributed by atoms with Gasteiger partial charge in [-0.15, -0.1) is 0 Å². The van der Waals surface area contributed by atoms with E-state index < -0.39 is 0 Å². The molecule has 0 unspecified atom stereocenters. The molecular weight excluding hydrogens is 407 g/mol. The summed E-state index contributed by atoms with van der Waals surface area (Å²) in [5.74, 6) is 6.66. The summed E-state index contributed by atoms with van der Waals surface area (Å²) in [6, 6.07) is 13.6. The molecular formula is C24H27FN6O. The minimum atomic E-state index is -0.300. The molecule has 1 aromatic carbocycles. The van der Waals surface area contributed by atoms with E-state index in [4.69, 9.17) is 17.3 Å². The van der Waals surface area contributed by atoms with Crippen LogP contribution in [-0.2, 0) is 4.79 Å². The predicted octanol–water partition coefficient (Wildman–Crippen LogP) is 3.90. The molecule has 0 atom stereocenters. The van der Waals surface area contributed by atoms with Crippen LogP contribution in [0.3, 0.4) is 0 Å². The number of nitrogen functional groups attached to an aromatic ring is 2. The van der Waals surface area contributed by atoms with Gasteiger partial charge in [-0.3, -0.25) is 4.98 Å². The molecule has 3 heterocycles. The van der Waals surface area contributed by atoms with Gasteiger partial charge in [0.05, 0.1) is 5.69 Å². The van der Waals surface area contributed by atoms with Crippen LogP contribution in [0.15, 0.2) is 60.9 Å². The summed E-state index contributed by atoms with van der Waals surface area (Å²) >= 11 is 0. The average molecular weight is 435 g/mol. The number of benzene rings is 1. The molecule has 0 spiro atoms. The lowest BCUT2D eigenvalue weighted by Crippen LogP contribution is -2.10. The normalized spacial score (nSPS) is 10.6. The summed E-state index contributed by atoms with van der Waals surface area (Å²) in [4.78, 5) is 18.7. The van der Waals surface area contributed by atoms with E-state index in [1.54, 1.807) is 37.5 Å². The molecule has 7 nitrogen and oxygen atoms in total. The third-order valence-electron chi connectivity index (χ3n) is 4.94. The number of carbonyl (C=O) groups is 1. The number of ketones is 1. The first-order valence-electron chi connectivity index (χ1n) is 10.3. The van der Waals surface area contributed by atoms with Crippen molar-refractivity contribution < 1.29 is 9.18 Å². The molecule has 0 aliphatic carbocycles. The second kappa shape index (κ2) is 10.5. The lowest BCUT2D eigenvalue weighted by Gasteiger charge is -2.08. The van der Waals surface area contributed by atoms with Gasteiger partial charge < -0.3 is 22.1 Å². The maximum Gasteiger partial charge on any atom is 0.161 e. The van der Waals surface area contributed by atoms with E-state index in [0.717, 1.165) is 40.6 Å². The van der Waals surface area contributed by atoms with Gasteiger partial charge in [0, 0.05) is 35.3 Å². The minimum absolute atomic E-state index is 0.262. The Kier molecular flexibility index (Phi) is 7.51. The number of nitrogens with zero attached hydrogens (tertiary/aromatic N) is 3. The smallest absolute Gasteiger partial charge is 0.161 e. The first-order chi connectivity index (χ1) is 15.4. The Morgan fingerprint density at radius 3 is 2.31 bits per heavy atom. The Hall–Kier alpha value is -3.78. The molecule has 0 bridgehead atoms. The van der Waals surface area contributed by atoms with Gasteiger partial charge in [-0.05, 0) is 80.4 Å². The summed E-state index contributed by atoms with van der Waals surface area (Å²) in [6.45, 7) is 2.31. The highest BCUT2D eigenvalue weighted by atomic mass is 19.1. The first kappa shape index (κ1) is 22.9. The van der Waals surface area contributed by atoms with Gasteiger partial charge in [0.25, 0.3) is 0 Å². The maximum atomic E-state index is 13.3. The van der Waals surface area contributed by atoms with E-state index >= 15 is 0 Å². The second-order valence-corrected chi connectivity index (χ2v) is 7.39. The Bertz CT molecular complexity index is 1190. The number of nitrogens with two attached hydrogens (primary N) is 3. The Labute approximate surface area is 186 Å². The van der Waals surface area contributed by atoms with Gasteiger partial charge >= 0.3 is 0 Å². The molecule has 0 fully saturated rings. The lowest BCUT2D eigenvalue weighted by molar-refractivity contribution is -0.117. The van der Waals surface area contributed by atoms with Crippen LogP contribution in [-0.4, -0.2) is 27.0 Å². The van der Waals surface area contributed by atoms with Crippen molar-refractivity contribution in [2.24, 2.45) is 5.73 Å². The molecule has 0 saturated heterocycles. The molecule has 0 aliphatic heterocycles. The summed E-state index contributed by atoms with van der Waals surface area (Å²) in [6.07, 6.45) is 6.05. The molecule has 32 heavy (non-hydrogen) atoms. The van der Waals surface area contributed by atoms with Crippen LogP contribution in [0.25, 0.3) is 33.4 Å². The number of hydrogen-bond acceptors (Lipinski definition) is 6. The zero-order chi connectivity index (χ0) is 23.1. The number of carbonyl (C=O) groups excluding carboxylic acids is 1. The van der Waals surface area contributed by atoms with Crippen molar-refractivity contribution in [2.75, 3.05) is 18.1 Å². The van der Waals surface area contributed by atoms with Gasteiger partial charge in [-0.1, -0.05) is 0 Å². The van der Waals surface area contributed by atoms with Crippen LogP contribution in [0, 0.1) is 5.82 Å². The minimum Gasteiger partial charge on any atom is -0.384 e. The van der Waals surface area contributed by atoms with E-state index in [-0.39, 0.29) is 11.6 Å². The van der Waals surface area contributed by atoms with Crippen LogP contribution < -0.4 is 17.3 Å². The SMILES string of the molecule is CC(=O)CCCCN.Nc1ccc2c(-c3ccncc3)c(-c3ccc(F)cc3)n(N)c2n1. The number of Topliss-reactive ketones (excluding diaryl/α,β-unsaturated/α-hetero) is 1. The Morgan fingerprint density at radius 1 is 1.00 bits per heavy atom. The van der Waals surface area contributed by atoms with E-state index in [1.807, 2.05) is 18.2 Å². The van der Waals surface area contributed by atoms with Crippen molar-refractivity contribution in [2.45, 2.75) is 26.2 Å². The first-order valence-corrected chi connectivity index (χ1v) is 10.3. The molecule has 0 aliphatic rings.